The molecule has 7 nitrogen and oxygen atoms in total. The highest BCUT2D eigenvalue weighted by Gasteiger charge is 2.48. The van der Waals surface area contributed by atoms with Crippen molar-refractivity contribution >= 4 is 23.3 Å². The Morgan fingerprint density at radius 3 is 2.54 bits per heavy atom. The van der Waals surface area contributed by atoms with E-state index in [1.165, 1.54) is 0 Å². The molecule has 0 fully saturated rings. The van der Waals surface area contributed by atoms with Gasteiger partial charge in [0.2, 0.25) is 5.60 Å². The number of hydrogen-bond donors (Lipinski definition) is 2. The van der Waals surface area contributed by atoms with Gasteiger partial charge >= 0.3 is 5.97 Å². The van der Waals surface area contributed by atoms with Gasteiger partial charge in [-0.3, -0.25) is 9.59 Å². The number of rotatable bonds is 6. The summed E-state index contributed by atoms with van der Waals surface area (Å²) in [5.74, 6) is -0.983. The number of carbonyl (C=O) groups is 2. The molecule has 28 heavy (non-hydrogen) atoms. The quantitative estimate of drug-likeness (QED) is 0.799. The predicted octanol–water partition coefficient (Wildman–Crippen LogP) is 3.29. The van der Waals surface area contributed by atoms with Gasteiger partial charge in [-0.25, -0.2) is 0 Å². The van der Waals surface area contributed by atoms with E-state index in [4.69, 9.17) is 9.57 Å². The first-order valence-corrected chi connectivity index (χ1v) is 8.83. The van der Waals surface area contributed by atoms with Crippen LogP contribution in [0.15, 0.2) is 47.6 Å². The van der Waals surface area contributed by atoms with E-state index in [1.54, 1.807) is 37.4 Å². The number of carbonyl (C=O) groups excluding carboxylic acids is 1. The van der Waals surface area contributed by atoms with E-state index in [1.807, 2.05) is 26.0 Å². The third-order valence-electron chi connectivity index (χ3n) is 4.69. The Morgan fingerprint density at radius 2 is 1.93 bits per heavy atom. The van der Waals surface area contributed by atoms with Crippen molar-refractivity contribution in [3.05, 3.63) is 59.2 Å². The van der Waals surface area contributed by atoms with Crippen molar-refractivity contribution in [3.63, 3.8) is 0 Å². The van der Waals surface area contributed by atoms with Crippen LogP contribution in [0.2, 0.25) is 0 Å². The molecule has 1 amide bonds. The Labute approximate surface area is 163 Å². The van der Waals surface area contributed by atoms with Gasteiger partial charge in [-0.05, 0) is 55.3 Å². The molecule has 0 aromatic heterocycles. The highest BCUT2D eigenvalue weighted by atomic mass is 16.7. The lowest BCUT2D eigenvalue weighted by molar-refractivity contribution is -0.152. The minimum atomic E-state index is -1.60. The molecular weight excluding hydrogens is 360 g/mol. The van der Waals surface area contributed by atoms with Crippen LogP contribution < -0.4 is 10.1 Å². The van der Waals surface area contributed by atoms with E-state index in [0.29, 0.717) is 17.1 Å². The standard InChI is InChI=1S/C21H22N2O5/c1-13-4-9-17(14(2)10-13)22-20(26)21(12-19(24)25)11-18(23-28-21)15-5-7-16(27-3)8-6-15/h4-10H,11-12H2,1-3H3,(H,22,26)(H,24,25)/t21-/m0/s1. The monoisotopic (exact) mass is 382 g/mol. The highest BCUT2D eigenvalue weighted by molar-refractivity contribution is 6.09. The van der Waals surface area contributed by atoms with Crippen molar-refractivity contribution in [2.24, 2.45) is 5.16 Å². The number of methoxy groups -OCH3 is 1. The number of carboxylic acid groups (broad SMARTS) is 1. The number of carboxylic acids is 1. The molecule has 1 heterocycles. The van der Waals surface area contributed by atoms with Crippen molar-refractivity contribution in [2.75, 3.05) is 12.4 Å². The van der Waals surface area contributed by atoms with E-state index in [2.05, 4.69) is 10.5 Å². The summed E-state index contributed by atoms with van der Waals surface area (Å²) >= 11 is 0. The topological polar surface area (TPSA) is 97.2 Å². The zero-order chi connectivity index (χ0) is 20.3. The zero-order valence-corrected chi connectivity index (χ0v) is 16.0. The first kappa shape index (κ1) is 19.4. The van der Waals surface area contributed by atoms with Gasteiger partial charge < -0.3 is 20.0 Å². The van der Waals surface area contributed by atoms with Crippen LogP contribution in [-0.4, -0.2) is 35.4 Å². The van der Waals surface area contributed by atoms with Crippen LogP contribution in [0.5, 0.6) is 5.75 Å². The molecule has 0 bridgehead atoms. The van der Waals surface area contributed by atoms with E-state index < -0.39 is 23.9 Å². The fourth-order valence-corrected chi connectivity index (χ4v) is 3.15. The average molecular weight is 382 g/mol. The number of aliphatic carboxylic acids is 1. The predicted molar refractivity (Wildman–Crippen MR) is 105 cm³/mol. The lowest BCUT2D eigenvalue weighted by atomic mass is 9.90. The van der Waals surface area contributed by atoms with E-state index in [9.17, 15) is 14.7 Å². The molecule has 146 valence electrons. The van der Waals surface area contributed by atoms with E-state index in [0.717, 1.165) is 16.7 Å². The van der Waals surface area contributed by atoms with Gasteiger partial charge in [0, 0.05) is 12.1 Å². The third-order valence-corrected chi connectivity index (χ3v) is 4.69. The Balaban J connectivity index is 1.83. The van der Waals surface area contributed by atoms with Crippen molar-refractivity contribution in [1.29, 1.82) is 0 Å². The lowest BCUT2D eigenvalue weighted by Crippen LogP contribution is -2.45. The minimum absolute atomic E-state index is 0.0579. The van der Waals surface area contributed by atoms with Crippen LogP contribution in [0.3, 0.4) is 0 Å². The minimum Gasteiger partial charge on any atom is -0.497 e. The summed E-state index contributed by atoms with van der Waals surface area (Å²) in [6.45, 7) is 3.83. The summed E-state index contributed by atoms with van der Waals surface area (Å²) in [7, 11) is 1.57. The van der Waals surface area contributed by atoms with Crippen molar-refractivity contribution in [2.45, 2.75) is 32.3 Å². The van der Waals surface area contributed by atoms with Crippen molar-refractivity contribution in [3.8, 4) is 5.75 Å². The number of benzene rings is 2. The molecule has 0 spiro atoms. The van der Waals surface area contributed by atoms with Gasteiger partial charge in [-0.1, -0.05) is 22.9 Å². The molecule has 2 N–H and O–H groups in total. The molecule has 0 aliphatic carbocycles. The molecule has 3 rings (SSSR count). The molecule has 1 aliphatic rings. The second-order valence-corrected chi connectivity index (χ2v) is 6.87. The van der Waals surface area contributed by atoms with Crippen molar-refractivity contribution < 1.29 is 24.3 Å². The first-order valence-electron chi connectivity index (χ1n) is 8.83. The van der Waals surface area contributed by atoms with Gasteiger partial charge in [0.05, 0.1) is 19.2 Å². The number of nitrogens with one attached hydrogen (secondary N) is 1. The van der Waals surface area contributed by atoms with Crippen LogP contribution in [-0.2, 0) is 14.4 Å². The fraction of sp³-hybridized carbons (Fsp3) is 0.286. The maximum absolute atomic E-state index is 13.0. The van der Waals surface area contributed by atoms with Gasteiger partial charge in [0.1, 0.15) is 5.75 Å². The Morgan fingerprint density at radius 1 is 1.21 bits per heavy atom. The maximum Gasteiger partial charge on any atom is 0.308 e. The summed E-state index contributed by atoms with van der Waals surface area (Å²) in [5.41, 5.74) is 2.22. The lowest BCUT2D eigenvalue weighted by Gasteiger charge is -2.24. The molecule has 2 aromatic rings. The van der Waals surface area contributed by atoms with Gasteiger partial charge in [-0.2, -0.15) is 0 Å². The molecule has 7 heteroatoms. The zero-order valence-electron chi connectivity index (χ0n) is 16.0. The Kier molecular flexibility index (Phi) is 5.35. The number of oxime groups is 1. The van der Waals surface area contributed by atoms with Crippen LogP contribution in [0.25, 0.3) is 0 Å². The van der Waals surface area contributed by atoms with Crippen molar-refractivity contribution in [1.82, 2.24) is 0 Å². The SMILES string of the molecule is COc1ccc(C2=NO[C@@](CC(=O)O)(C(=O)Nc3ccc(C)cc3C)C2)cc1. The van der Waals surface area contributed by atoms with Gasteiger partial charge in [0.25, 0.3) is 5.91 Å². The summed E-state index contributed by atoms with van der Waals surface area (Å²) in [6, 6.07) is 12.7. The van der Waals surface area contributed by atoms with E-state index >= 15 is 0 Å². The smallest absolute Gasteiger partial charge is 0.308 e. The number of hydrogen-bond acceptors (Lipinski definition) is 5. The summed E-state index contributed by atoms with van der Waals surface area (Å²) in [6.07, 6.45) is -0.435. The molecule has 0 saturated carbocycles. The van der Waals surface area contributed by atoms with E-state index in [-0.39, 0.29) is 6.42 Å². The molecule has 0 saturated heterocycles. The highest BCUT2D eigenvalue weighted by Crippen LogP contribution is 2.32. The number of amides is 1. The summed E-state index contributed by atoms with van der Waals surface area (Å²) in [5, 5.41) is 16.2. The average Bonchev–Trinajstić information content (AvgIpc) is 3.08. The normalized spacial score (nSPS) is 18.2. The Hall–Kier alpha value is -3.35. The van der Waals surface area contributed by atoms with Crippen LogP contribution in [0, 0.1) is 13.8 Å². The van der Waals surface area contributed by atoms with Crippen LogP contribution >= 0.6 is 0 Å². The third kappa shape index (κ3) is 3.98. The first-order chi connectivity index (χ1) is 13.3. The molecule has 0 unspecified atom stereocenters. The van der Waals surface area contributed by atoms with Crippen LogP contribution in [0.1, 0.15) is 29.5 Å². The number of ether oxygens (including phenoxy) is 1. The molecule has 1 aliphatic heterocycles. The summed E-state index contributed by atoms with van der Waals surface area (Å²) in [4.78, 5) is 29.9. The number of aryl methyl sites for hydroxylation is 2. The number of nitrogens with zero attached hydrogens (tertiary/aromatic N) is 1. The fourth-order valence-electron chi connectivity index (χ4n) is 3.15. The molecule has 1 atom stereocenters. The maximum atomic E-state index is 13.0. The van der Waals surface area contributed by atoms with Gasteiger partial charge in [0.15, 0.2) is 0 Å². The molecular formula is C21H22N2O5. The molecule has 2 aromatic carbocycles. The largest absolute Gasteiger partial charge is 0.497 e. The summed E-state index contributed by atoms with van der Waals surface area (Å²) < 4.78 is 5.14. The number of anilines is 1. The second-order valence-electron chi connectivity index (χ2n) is 6.87. The second kappa shape index (κ2) is 7.72. The van der Waals surface area contributed by atoms with Gasteiger partial charge in [-0.15, -0.1) is 0 Å². The molecule has 0 radical (unpaired) electrons. The Bertz CT molecular complexity index is 936. The van der Waals surface area contributed by atoms with Crippen LogP contribution in [0.4, 0.5) is 5.69 Å².